The average Bonchev–Trinajstić information content (AvgIpc) is 2.69. The van der Waals surface area contributed by atoms with Gasteiger partial charge in [0, 0.05) is 24.5 Å². The van der Waals surface area contributed by atoms with E-state index in [4.69, 9.17) is 0 Å². The number of nitrogens with zero attached hydrogens (tertiary/aromatic N) is 1. The monoisotopic (exact) mass is 449 g/mol. The first kappa shape index (κ1) is 23.9. The van der Waals surface area contributed by atoms with E-state index in [2.05, 4.69) is 10.6 Å². The van der Waals surface area contributed by atoms with Crippen molar-refractivity contribution in [2.45, 2.75) is 25.7 Å². The quantitative estimate of drug-likeness (QED) is 0.580. The van der Waals surface area contributed by atoms with Crippen LogP contribution in [0.1, 0.15) is 19.4 Å². The Hall–Kier alpha value is -2.36. The van der Waals surface area contributed by atoms with E-state index >= 15 is 0 Å². The van der Waals surface area contributed by atoms with Gasteiger partial charge in [0.1, 0.15) is 0 Å². The van der Waals surface area contributed by atoms with E-state index in [0.717, 1.165) is 11.3 Å². The molecule has 9 heteroatoms. The molecule has 2 aromatic carbocycles. The molecule has 0 heterocycles. The van der Waals surface area contributed by atoms with Gasteiger partial charge in [0.25, 0.3) is 0 Å². The smallest absolute Gasteiger partial charge is 0.243 e. The number of hydrogen-bond donors (Lipinski definition) is 2. The van der Waals surface area contributed by atoms with Gasteiger partial charge >= 0.3 is 0 Å². The predicted molar refractivity (Wildman–Crippen MR) is 122 cm³/mol. The number of benzene rings is 2. The number of nitrogens with one attached hydrogen (secondary N) is 2. The molecule has 0 saturated carbocycles. The van der Waals surface area contributed by atoms with E-state index < -0.39 is 10.0 Å². The molecule has 0 radical (unpaired) electrons. The Kier molecular flexibility index (Phi) is 8.88. The number of carbonyl (C=O) groups is 2. The van der Waals surface area contributed by atoms with Crippen molar-refractivity contribution in [1.29, 1.82) is 0 Å². The van der Waals surface area contributed by atoms with Gasteiger partial charge in [-0.15, -0.1) is 11.8 Å². The van der Waals surface area contributed by atoms with E-state index in [0.29, 0.717) is 18.8 Å². The van der Waals surface area contributed by atoms with E-state index in [1.807, 2.05) is 31.2 Å². The van der Waals surface area contributed by atoms with Crippen LogP contribution in [0.5, 0.6) is 0 Å². The third-order valence-corrected chi connectivity index (χ3v) is 7.21. The van der Waals surface area contributed by atoms with Crippen molar-refractivity contribution in [3.63, 3.8) is 0 Å². The highest BCUT2D eigenvalue weighted by Gasteiger charge is 2.21. The maximum absolute atomic E-state index is 12.6. The zero-order chi connectivity index (χ0) is 22.1. The Balaban J connectivity index is 1.87. The normalized spacial score (nSPS) is 11.3. The summed E-state index contributed by atoms with van der Waals surface area (Å²) in [4.78, 5) is 24.3. The van der Waals surface area contributed by atoms with E-state index in [9.17, 15) is 18.0 Å². The Morgan fingerprint density at radius 2 is 1.43 bits per heavy atom. The zero-order valence-corrected chi connectivity index (χ0v) is 19.0. The highest BCUT2D eigenvalue weighted by Crippen LogP contribution is 2.20. The summed E-state index contributed by atoms with van der Waals surface area (Å²) in [7, 11) is -3.60. The fourth-order valence-corrected chi connectivity index (χ4v) is 4.92. The summed E-state index contributed by atoms with van der Waals surface area (Å²) in [6, 6.07) is 13.7. The predicted octanol–water partition coefficient (Wildman–Crippen LogP) is 3.34. The molecular formula is C21H27N3O4S2. The molecule has 0 bridgehead atoms. The molecule has 7 nitrogen and oxygen atoms in total. The topological polar surface area (TPSA) is 95.6 Å². The zero-order valence-electron chi connectivity index (χ0n) is 17.3. The molecule has 0 aliphatic carbocycles. The number of aryl methyl sites for hydroxylation is 1. The molecule has 0 atom stereocenters. The van der Waals surface area contributed by atoms with E-state index in [1.165, 1.54) is 28.2 Å². The highest BCUT2D eigenvalue weighted by atomic mass is 32.2. The van der Waals surface area contributed by atoms with Gasteiger partial charge in [-0.2, -0.15) is 4.31 Å². The third kappa shape index (κ3) is 6.86. The summed E-state index contributed by atoms with van der Waals surface area (Å²) >= 11 is 1.18. The van der Waals surface area contributed by atoms with Crippen LogP contribution in [0.2, 0.25) is 0 Å². The lowest BCUT2D eigenvalue weighted by atomic mass is 10.2. The molecule has 0 unspecified atom stereocenters. The summed E-state index contributed by atoms with van der Waals surface area (Å²) in [5.74, 6) is -0.280. The van der Waals surface area contributed by atoms with Crippen LogP contribution in [0.4, 0.5) is 11.4 Å². The van der Waals surface area contributed by atoms with E-state index in [-0.39, 0.29) is 28.2 Å². The first-order valence-corrected chi connectivity index (χ1v) is 12.2. The van der Waals surface area contributed by atoms with Gasteiger partial charge in [0.2, 0.25) is 21.8 Å². The second-order valence-electron chi connectivity index (χ2n) is 6.58. The first-order chi connectivity index (χ1) is 14.3. The minimum atomic E-state index is -3.60. The molecular weight excluding hydrogens is 422 g/mol. The molecule has 0 aliphatic rings. The van der Waals surface area contributed by atoms with Gasteiger partial charge in [-0.05, 0) is 42.8 Å². The second kappa shape index (κ2) is 11.1. The number of anilines is 2. The van der Waals surface area contributed by atoms with Crippen LogP contribution >= 0.6 is 11.8 Å². The van der Waals surface area contributed by atoms with Crippen LogP contribution in [-0.4, -0.2) is 49.1 Å². The summed E-state index contributed by atoms with van der Waals surface area (Å²) in [6.45, 7) is 6.24. The fraction of sp³-hybridized carbons (Fsp3) is 0.333. The number of sulfonamides is 1. The first-order valence-electron chi connectivity index (χ1n) is 9.60. The van der Waals surface area contributed by atoms with Gasteiger partial charge in [-0.1, -0.05) is 32.0 Å². The minimum absolute atomic E-state index is 0.0776. The van der Waals surface area contributed by atoms with Crippen molar-refractivity contribution in [2.24, 2.45) is 0 Å². The van der Waals surface area contributed by atoms with Crippen molar-refractivity contribution in [1.82, 2.24) is 4.31 Å². The molecule has 0 spiro atoms. The van der Waals surface area contributed by atoms with Crippen molar-refractivity contribution in [3.8, 4) is 0 Å². The van der Waals surface area contributed by atoms with Gasteiger partial charge in [-0.25, -0.2) is 8.42 Å². The average molecular weight is 450 g/mol. The van der Waals surface area contributed by atoms with Gasteiger partial charge in [-0.3, -0.25) is 9.59 Å². The lowest BCUT2D eigenvalue weighted by molar-refractivity contribution is -0.114. The Labute approximate surface area is 182 Å². The molecule has 0 saturated heterocycles. The molecule has 2 amide bonds. The lowest BCUT2D eigenvalue weighted by Gasteiger charge is -2.18. The molecule has 0 fully saturated rings. The van der Waals surface area contributed by atoms with E-state index in [1.54, 1.807) is 26.0 Å². The maximum Gasteiger partial charge on any atom is 0.243 e. The molecule has 2 rings (SSSR count). The Morgan fingerprint density at radius 1 is 0.900 bits per heavy atom. The number of carbonyl (C=O) groups excluding carboxylic acids is 2. The Bertz CT molecular complexity index is 989. The minimum Gasteiger partial charge on any atom is -0.325 e. The second-order valence-corrected chi connectivity index (χ2v) is 9.50. The van der Waals surface area contributed by atoms with Crippen LogP contribution in [0.15, 0.2) is 53.4 Å². The van der Waals surface area contributed by atoms with Crippen molar-refractivity contribution >= 4 is 45.0 Å². The SMILES string of the molecule is CCN(CC)S(=O)(=O)c1cccc(NC(=O)CSCC(=O)Nc2cccc(C)c2)c1. The van der Waals surface area contributed by atoms with Crippen LogP contribution in [-0.2, 0) is 19.6 Å². The van der Waals surface area contributed by atoms with Gasteiger partial charge < -0.3 is 10.6 Å². The number of hydrogen-bond acceptors (Lipinski definition) is 5. The van der Waals surface area contributed by atoms with Crippen LogP contribution in [0.3, 0.4) is 0 Å². The summed E-state index contributed by atoms with van der Waals surface area (Å²) in [5, 5.41) is 5.47. The van der Waals surface area contributed by atoms with Crippen LogP contribution in [0.25, 0.3) is 0 Å². The number of rotatable bonds is 10. The molecule has 2 aromatic rings. The highest BCUT2D eigenvalue weighted by molar-refractivity contribution is 8.00. The molecule has 2 N–H and O–H groups in total. The van der Waals surface area contributed by atoms with Gasteiger partial charge in [0.05, 0.1) is 16.4 Å². The van der Waals surface area contributed by atoms with Crippen molar-refractivity contribution < 1.29 is 18.0 Å². The summed E-state index contributed by atoms with van der Waals surface area (Å²) < 4.78 is 26.6. The standard InChI is InChI=1S/C21H27N3O4S2/c1-4-24(5-2)30(27,28)19-11-7-10-18(13-19)23-21(26)15-29-14-20(25)22-17-9-6-8-16(3)12-17/h6-13H,4-5,14-15H2,1-3H3,(H,22,25)(H,23,26). The van der Waals surface area contributed by atoms with Crippen molar-refractivity contribution in [3.05, 3.63) is 54.1 Å². The third-order valence-electron chi connectivity index (χ3n) is 4.23. The molecule has 162 valence electrons. The largest absolute Gasteiger partial charge is 0.325 e. The maximum atomic E-state index is 12.6. The summed E-state index contributed by atoms with van der Waals surface area (Å²) in [6.07, 6.45) is 0. The number of thioether (sulfide) groups is 1. The van der Waals surface area contributed by atoms with Crippen LogP contribution in [0, 0.1) is 6.92 Å². The van der Waals surface area contributed by atoms with Gasteiger partial charge in [0.15, 0.2) is 0 Å². The van der Waals surface area contributed by atoms with Crippen LogP contribution < -0.4 is 10.6 Å². The fourth-order valence-electron chi connectivity index (χ4n) is 2.80. The summed E-state index contributed by atoms with van der Waals surface area (Å²) in [5.41, 5.74) is 2.17. The molecule has 0 aromatic heterocycles. The Morgan fingerprint density at radius 3 is 1.97 bits per heavy atom. The molecule has 0 aliphatic heterocycles. The van der Waals surface area contributed by atoms with Crippen molar-refractivity contribution in [2.75, 3.05) is 35.2 Å². The number of amides is 2. The molecule has 30 heavy (non-hydrogen) atoms. The lowest BCUT2D eigenvalue weighted by Crippen LogP contribution is -2.30.